The number of unbranched alkanes of at least 4 members (excludes halogenated alkanes) is 1. The van der Waals surface area contributed by atoms with Gasteiger partial charge in [-0.25, -0.2) is 0 Å². The highest BCUT2D eigenvalue weighted by Crippen LogP contribution is 2.13. The Morgan fingerprint density at radius 2 is 2.40 bits per heavy atom. The fourth-order valence-corrected chi connectivity index (χ4v) is 1.10. The van der Waals surface area contributed by atoms with Crippen LogP contribution >= 0.6 is 0 Å². The van der Waals surface area contributed by atoms with Gasteiger partial charge in [0, 0.05) is 0 Å². The summed E-state index contributed by atoms with van der Waals surface area (Å²) in [5.41, 5.74) is 0. The van der Waals surface area contributed by atoms with Crippen molar-refractivity contribution >= 4 is 7.12 Å². The van der Waals surface area contributed by atoms with Gasteiger partial charge in [0.05, 0.1) is 12.7 Å². The number of hydrogen-bond acceptors (Lipinski definition) is 2. The molecule has 0 bridgehead atoms. The Kier molecular flexibility index (Phi) is 3.22. The molecule has 1 saturated heterocycles. The molecule has 2 nitrogen and oxygen atoms in total. The van der Waals surface area contributed by atoms with Gasteiger partial charge in [0.25, 0.3) is 0 Å². The van der Waals surface area contributed by atoms with Gasteiger partial charge in [-0.2, -0.15) is 0 Å². The van der Waals surface area contributed by atoms with Crippen LogP contribution in [-0.2, 0) is 9.31 Å². The van der Waals surface area contributed by atoms with Crippen molar-refractivity contribution in [3.05, 3.63) is 0 Å². The Hall–Kier alpha value is -0.0151. The van der Waals surface area contributed by atoms with Crippen LogP contribution < -0.4 is 0 Å². The highest BCUT2D eigenvalue weighted by molar-refractivity contribution is 6.44. The van der Waals surface area contributed by atoms with Crippen LogP contribution in [0, 0.1) is 0 Å². The molecule has 0 spiro atoms. The van der Waals surface area contributed by atoms with E-state index in [1.54, 1.807) is 0 Å². The molecule has 0 aromatic heterocycles. The molecule has 10 heavy (non-hydrogen) atoms. The van der Waals surface area contributed by atoms with Crippen molar-refractivity contribution in [3.8, 4) is 0 Å². The van der Waals surface area contributed by atoms with Crippen molar-refractivity contribution in [2.75, 3.05) is 6.61 Å². The SMILES string of the molecule is CCCCB1OCC(C)O1. The average Bonchev–Trinajstić information content (AvgIpc) is 2.31. The molecule has 1 unspecified atom stereocenters. The monoisotopic (exact) mass is 142 g/mol. The zero-order valence-corrected chi connectivity index (χ0v) is 6.80. The van der Waals surface area contributed by atoms with E-state index in [1.165, 1.54) is 12.8 Å². The molecule has 1 aliphatic rings. The standard InChI is InChI=1S/C7H15BO2/c1-3-4-5-8-9-6-7(2)10-8/h7H,3-6H2,1-2H3. The summed E-state index contributed by atoms with van der Waals surface area (Å²) in [6, 6.07) is 0. The molecule has 1 atom stereocenters. The van der Waals surface area contributed by atoms with Crippen LogP contribution in [0.25, 0.3) is 0 Å². The summed E-state index contributed by atoms with van der Waals surface area (Å²) in [5, 5.41) is 0. The topological polar surface area (TPSA) is 18.5 Å². The minimum Gasteiger partial charge on any atom is -0.408 e. The van der Waals surface area contributed by atoms with E-state index >= 15 is 0 Å². The van der Waals surface area contributed by atoms with Crippen molar-refractivity contribution in [1.29, 1.82) is 0 Å². The Labute approximate surface area is 63.0 Å². The van der Waals surface area contributed by atoms with Crippen LogP contribution in [0.1, 0.15) is 26.7 Å². The van der Waals surface area contributed by atoms with Crippen molar-refractivity contribution in [2.45, 2.75) is 39.1 Å². The van der Waals surface area contributed by atoms with Crippen LogP contribution in [0.3, 0.4) is 0 Å². The maximum Gasteiger partial charge on any atom is 0.457 e. The first-order valence-corrected chi connectivity index (χ1v) is 4.10. The van der Waals surface area contributed by atoms with Gasteiger partial charge < -0.3 is 9.31 Å². The molecule has 1 heterocycles. The minimum absolute atomic E-state index is 0.0925. The third kappa shape index (κ3) is 2.31. The maximum absolute atomic E-state index is 5.44. The van der Waals surface area contributed by atoms with Crippen molar-refractivity contribution in [1.82, 2.24) is 0 Å². The van der Waals surface area contributed by atoms with Crippen molar-refractivity contribution in [2.24, 2.45) is 0 Å². The number of rotatable bonds is 3. The third-order valence-electron chi connectivity index (χ3n) is 1.69. The van der Waals surface area contributed by atoms with Crippen LogP contribution in [0.2, 0.25) is 6.32 Å². The van der Waals surface area contributed by atoms with Gasteiger partial charge in [-0.15, -0.1) is 0 Å². The van der Waals surface area contributed by atoms with Crippen molar-refractivity contribution < 1.29 is 9.31 Å². The Bertz CT molecular complexity index is 97.6. The quantitative estimate of drug-likeness (QED) is 0.558. The molecule has 0 N–H and O–H groups in total. The maximum atomic E-state index is 5.44. The summed E-state index contributed by atoms with van der Waals surface area (Å²) in [7, 11) is 0.0925. The van der Waals surface area contributed by atoms with Gasteiger partial charge in [0.2, 0.25) is 0 Å². The largest absolute Gasteiger partial charge is 0.457 e. The van der Waals surface area contributed by atoms with Crippen LogP contribution in [0.15, 0.2) is 0 Å². The molecule has 1 rings (SSSR count). The van der Waals surface area contributed by atoms with Crippen LogP contribution in [0.4, 0.5) is 0 Å². The zero-order chi connectivity index (χ0) is 7.40. The highest BCUT2D eigenvalue weighted by Gasteiger charge is 2.27. The van der Waals surface area contributed by atoms with Gasteiger partial charge in [0.1, 0.15) is 0 Å². The minimum atomic E-state index is 0.0925. The summed E-state index contributed by atoms with van der Waals surface area (Å²) < 4.78 is 10.8. The fraction of sp³-hybridized carbons (Fsp3) is 1.00. The highest BCUT2D eigenvalue weighted by atomic mass is 16.6. The van der Waals surface area contributed by atoms with E-state index in [4.69, 9.17) is 9.31 Å². The molecule has 0 radical (unpaired) electrons. The first-order chi connectivity index (χ1) is 4.83. The molecule has 0 aliphatic carbocycles. The summed E-state index contributed by atoms with van der Waals surface area (Å²) in [4.78, 5) is 0. The second-order valence-corrected chi connectivity index (χ2v) is 2.85. The molecule has 1 aliphatic heterocycles. The Morgan fingerprint density at radius 1 is 1.60 bits per heavy atom. The predicted octanol–water partition coefficient (Wildman–Crippen LogP) is 1.71. The van der Waals surface area contributed by atoms with E-state index in [0.29, 0.717) is 6.10 Å². The lowest BCUT2D eigenvalue weighted by Gasteiger charge is -2.02. The average molecular weight is 142 g/mol. The predicted molar refractivity (Wildman–Crippen MR) is 42.0 cm³/mol. The molecule has 0 amide bonds. The van der Waals surface area contributed by atoms with Crippen LogP contribution in [0.5, 0.6) is 0 Å². The molecule has 0 aromatic rings. The molecular weight excluding hydrogens is 127 g/mol. The smallest absolute Gasteiger partial charge is 0.408 e. The van der Waals surface area contributed by atoms with Gasteiger partial charge in [-0.3, -0.25) is 0 Å². The van der Waals surface area contributed by atoms with E-state index in [-0.39, 0.29) is 7.12 Å². The van der Waals surface area contributed by atoms with E-state index in [2.05, 4.69) is 6.92 Å². The van der Waals surface area contributed by atoms with Gasteiger partial charge >= 0.3 is 7.12 Å². The molecule has 0 saturated carbocycles. The lowest BCUT2D eigenvalue weighted by molar-refractivity contribution is 0.256. The van der Waals surface area contributed by atoms with Gasteiger partial charge in [-0.1, -0.05) is 19.8 Å². The fourth-order valence-electron chi connectivity index (χ4n) is 1.10. The molecule has 3 heteroatoms. The lowest BCUT2D eigenvalue weighted by atomic mass is 9.83. The van der Waals surface area contributed by atoms with Gasteiger partial charge in [0.15, 0.2) is 0 Å². The van der Waals surface area contributed by atoms with E-state index in [1.807, 2.05) is 6.92 Å². The zero-order valence-electron chi connectivity index (χ0n) is 6.80. The third-order valence-corrected chi connectivity index (χ3v) is 1.69. The molecule has 58 valence electrons. The summed E-state index contributed by atoms with van der Waals surface area (Å²) in [5.74, 6) is 0. The Balaban J connectivity index is 2.06. The summed E-state index contributed by atoms with van der Waals surface area (Å²) in [6.07, 6.45) is 3.79. The van der Waals surface area contributed by atoms with Gasteiger partial charge in [-0.05, 0) is 13.2 Å². The lowest BCUT2D eigenvalue weighted by Crippen LogP contribution is -2.14. The van der Waals surface area contributed by atoms with E-state index in [0.717, 1.165) is 12.9 Å². The summed E-state index contributed by atoms with van der Waals surface area (Å²) in [6.45, 7) is 5.00. The van der Waals surface area contributed by atoms with Crippen molar-refractivity contribution in [3.63, 3.8) is 0 Å². The number of hydrogen-bond donors (Lipinski definition) is 0. The normalized spacial score (nSPS) is 25.8. The first kappa shape index (κ1) is 8.09. The second kappa shape index (κ2) is 3.99. The first-order valence-electron chi connectivity index (χ1n) is 4.10. The summed E-state index contributed by atoms with van der Waals surface area (Å²) >= 11 is 0. The Morgan fingerprint density at radius 3 is 2.90 bits per heavy atom. The van der Waals surface area contributed by atoms with E-state index in [9.17, 15) is 0 Å². The van der Waals surface area contributed by atoms with Crippen LogP contribution in [-0.4, -0.2) is 19.8 Å². The molecule has 0 aromatic carbocycles. The molecular formula is C7H15BO2. The van der Waals surface area contributed by atoms with E-state index < -0.39 is 0 Å². The molecule has 1 fully saturated rings. The second-order valence-electron chi connectivity index (χ2n) is 2.85.